The van der Waals surface area contributed by atoms with Gasteiger partial charge in [0.25, 0.3) is 0 Å². The maximum absolute atomic E-state index is 9.79. The highest BCUT2D eigenvalue weighted by atomic mass is 16.3. The molecule has 0 heterocycles. The van der Waals surface area contributed by atoms with Gasteiger partial charge in [0, 0.05) is 5.56 Å². The summed E-state index contributed by atoms with van der Waals surface area (Å²) in [4.78, 5) is 4.10. The highest BCUT2D eigenvalue weighted by molar-refractivity contribution is 6.11. The molecule has 0 atom stereocenters. The van der Waals surface area contributed by atoms with E-state index in [4.69, 9.17) is 11.1 Å². The fraction of sp³-hybridized carbons (Fsp3) is 0.125. The van der Waals surface area contributed by atoms with E-state index in [1.165, 1.54) is 0 Å². The third kappa shape index (κ3) is 2.85. The zero-order valence-corrected chi connectivity index (χ0v) is 11.5. The Morgan fingerprint density at radius 1 is 1.10 bits per heavy atom. The molecule has 0 radical (unpaired) electrons. The average molecular weight is 267 g/mol. The highest BCUT2D eigenvalue weighted by Gasteiger charge is 2.09. The van der Waals surface area contributed by atoms with Gasteiger partial charge in [-0.05, 0) is 31.5 Å². The number of phenols is 1. The van der Waals surface area contributed by atoms with Crippen molar-refractivity contribution in [2.24, 2.45) is 10.7 Å². The van der Waals surface area contributed by atoms with Gasteiger partial charge in [-0.3, -0.25) is 5.41 Å². The van der Waals surface area contributed by atoms with Crippen molar-refractivity contribution < 1.29 is 5.11 Å². The number of nitrogens with two attached hydrogens (primary N) is 1. The van der Waals surface area contributed by atoms with Crippen LogP contribution in [-0.4, -0.2) is 16.8 Å². The van der Waals surface area contributed by atoms with E-state index in [9.17, 15) is 5.11 Å². The Labute approximate surface area is 118 Å². The Morgan fingerprint density at radius 2 is 1.80 bits per heavy atom. The Balaban J connectivity index is 2.37. The topological polar surface area (TPSA) is 82.5 Å². The van der Waals surface area contributed by atoms with Crippen molar-refractivity contribution in [1.82, 2.24) is 0 Å². The van der Waals surface area contributed by atoms with E-state index in [1.807, 2.05) is 38.1 Å². The van der Waals surface area contributed by atoms with Crippen molar-refractivity contribution in [3.05, 3.63) is 64.7 Å². The molecule has 4 nitrogen and oxygen atoms in total. The first-order chi connectivity index (χ1) is 9.49. The maximum Gasteiger partial charge on any atom is 0.157 e. The van der Waals surface area contributed by atoms with Gasteiger partial charge in [-0.25, -0.2) is 4.99 Å². The molecule has 0 spiro atoms. The van der Waals surface area contributed by atoms with Crippen LogP contribution in [0.5, 0.6) is 5.75 Å². The zero-order valence-electron chi connectivity index (χ0n) is 11.5. The predicted octanol–water partition coefficient (Wildman–Crippen LogP) is 2.74. The number of nitrogens with one attached hydrogen (secondary N) is 1. The van der Waals surface area contributed by atoms with Crippen LogP contribution in [-0.2, 0) is 0 Å². The van der Waals surface area contributed by atoms with Crippen molar-refractivity contribution >= 4 is 11.7 Å². The van der Waals surface area contributed by atoms with E-state index in [0.717, 1.165) is 16.7 Å². The van der Waals surface area contributed by atoms with Crippen LogP contribution in [0.2, 0.25) is 0 Å². The molecule has 0 saturated carbocycles. The summed E-state index contributed by atoms with van der Waals surface area (Å²) in [6, 6.07) is 12.6. The number of aliphatic imine (C=N–C) groups is 1. The van der Waals surface area contributed by atoms with Crippen LogP contribution in [0.4, 0.5) is 0 Å². The second-order valence-electron chi connectivity index (χ2n) is 4.68. The molecule has 0 bridgehead atoms. The van der Waals surface area contributed by atoms with Crippen LogP contribution >= 0.6 is 0 Å². The first-order valence-electron chi connectivity index (χ1n) is 6.27. The molecule has 0 aliphatic rings. The van der Waals surface area contributed by atoms with Gasteiger partial charge < -0.3 is 10.8 Å². The molecular weight excluding hydrogens is 250 g/mol. The van der Waals surface area contributed by atoms with Crippen LogP contribution < -0.4 is 5.73 Å². The van der Waals surface area contributed by atoms with Crippen molar-refractivity contribution in [3.63, 3.8) is 0 Å². The number of rotatable bonds is 2. The average Bonchev–Trinajstić information content (AvgIpc) is 2.41. The maximum atomic E-state index is 9.79. The Kier molecular flexibility index (Phi) is 3.84. The first-order valence-corrected chi connectivity index (χ1v) is 6.27. The number of phenolic OH excluding ortho intramolecular Hbond substituents is 1. The van der Waals surface area contributed by atoms with E-state index in [-0.39, 0.29) is 17.4 Å². The van der Waals surface area contributed by atoms with Crippen LogP contribution in [0.3, 0.4) is 0 Å². The fourth-order valence-corrected chi connectivity index (χ4v) is 1.94. The summed E-state index contributed by atoms with van der Waals surface area (Å²) in [6.07, 6.45) is 0. The second kappa shape index (κ2) is 5.57. The molecule has 2 aromatic carbocycles. The van der Waals surface area contributed by atoms with Crippen LogP contribution in [0.25, 0.3) is 0 Å². The number of benzene rings is 2. The first kappa shape index (κ1) is 13.8. The second-order valence-corrected chi connectivity index (χ2v) is 4.68. The largest absolute Gasteiger partial charge is 0.507 e. The van der Waals surface area contributed by atoms with Gasteiger partial charge in [0.05, 0.1) is 5.56 Å². The molecule has 2 aromatic rings. The number of aryl methyl sites for hydroxylation is 2. The molecular formula is C16H17N3O. The molecule has 2 rings (SSSR count). The lowest BCUT2D eigenvalue weighted by Crippen LogP contribution is -2.17. The smallest absolute Gasteiger partial charge is 0.157 e. The minimum atomic E-state index is -0.0491. The third-order valence-electron chi connectivity index (χ3n) is 3.06. The summed E-state index contributed by atoms with van der Waals surface area (Å²) in [7, 11) is 0. The van der Waals surface area contributed by atoms with Gasteiger partial charge in [-0.2, -0.15) is 0 Å². The summed E-state index contributed by atoms with van der Waals surface area (Å²) in [5, 5.41) is 17.8. The van der Waals surface area contributed by atoms with Gasteiger partial charge in [-0.1, -0.05) is 35.9 Å². The minimum absolute atomic E-state index is 0.0296. The molecule has 0 unspecified atom stereocenters. The van der Waals surface area contributed by atoms with Gasteiger partial charge in [0.1, 0.15) is 11.6 Å². The summed E-state index contributed by atoms with van der Waals surface area (Å²) in [6.45, 7) is 3.83. The molecule has 4 N–H and O–H groups in total. The molecule has 0 aliphatic heterocycles. The van der Waals surface area contributed by atoms with Crippen molar-refractivity contribution in [2.75, 3.05) is 0 Å². The van der Waals surface area contributed by atoms with E-state index < -0.39 is 0 Å². The molecule has 0 fully saturated rings. The van der Waals surface area contributed by atoms with Crippen molar-refractivity contribution in [2.45, 2.75) is 13.8 Å². The normalized spacial score (nSPS) is 11.4. The lowest BCUT2D eigenvalue weighted by molar-refractivity contribution is 0.474. The number of amidine groups is 2. The molecule has 0 aromatic heterocycles. The monoisotopic (exact) mass is 267 g/mol. The number of nitrogens with zero attached hydrogens (tertiary/aromatic N) is 1. The zero-order chi connectivity index (χ0) is 14.7. The van der Waals surface area contributed by atoms with Gasteiger partial charge >= 0.3 is 0 Å². The summed E-state index contributed by atoms with van der Waals surface area (Å²) >= 11 is 0. The standard InChI is InChI=1S/C16H17N3O/c1-10-7-8-14(20)13(9-10)16(18)19-15(17)12-6-4-3-5-11(12)2/h3-9,20H,1-2H3,(H3,17,18,19). The van der Waals surface area contributed by atoms with E-state index in [1.54, 1.807) is 18.2 Å². The number of hydrogen-bond donors (Lipinski definition) is 3. The van der Waals surface area contributed by atoms with Crippen LogP contribution in [0, 0.1) is 19.3 Å². The van der Waals surface area contributed by atoms with E-state index >= 15 is 0 Å². The Morgan fingerprint density at radius 3 is 2.50 bits per heavy atom. The van der Waals surface area contributed by atoms with E-state index in [2.05, 4.69) is 4.99 Å². The lowest BCUT2D eigenvalue weighted by atomic mass is 10.1. The Bertz CT molecular complexity index is 690. The molecule has 4 heteroatoms. The summed E-state index contributed by atoms with van der Waals surface area (Å²) in [5.74, 6) is 0.253. The Hall–Kier alpha value is -2.62. The number of hydrogen-bond acceptors (Lipinski definition) is 2. The van der Waals surface area contributed by atoms with Crippen LogP contribution in [0.1, 0.15) is 22.3 Å². The SMILES string of the molecule is Cc1ccc(O)c(C(=N)N=C(N)c2ccccc2C)c1. The third-order valence-corrected chi connectivity index (χ3v) is 3.06. The summed E-state index contributed by atoms with van der Waals surface area (Å²) in [5.41, 5.74) is 9.07. The minimum Gasteiger partial charge on any atom is -0.507 e. The fourth-order valence-electron chi connectivity index (χ4n) is 1.94. The molecule has 102 valence electrons. The van der Waals surface area contributed by atoms with Gasteiger partial charge in [-0.15, -0.1) is 0 Å². The number of aromatic hydroxyl groups is 1. The van der Waals surface area contributed by atoms with Gasteiger partial charge in [0.2, 0.25) is 0 Å². The summed E-state index contributed by atoms with van der Waals surface area (Å²) < 4.78 is 0. The predicted molar refractivity (Wildman–Crippen MR) is 81.6 cm³/mol. The lowest BCUT2D eigenvalue weighted by Gasteiger charge is -2.07. The van der Waals surface area contributed by atoms with Crippen molar-refractivity contribution in [3.8, 4) is 5.75 Å². The van der Waals surface area contributed by atoms with E-state index in [0.29, 0.717) is 5.56 Å². The van der Waals surface area contributed by atoms with Crippen molar-refractivity contribution in [1.29, 1.82) is 5.41 Å². The van der Waals surface area contributed by atoms with Gasteiger partial charge in [0.15, 0.2) is 5.84 Å². The molecule has 0 amide bonds. The highest BCUT2D eigenvalue weighted by Crippen LogP contribution is 2.19. The quantitative estimate of drug-likeness (QED) is 0.577. The molecule has 20 heavy (non-hydrogen) atoms. The van der Waals surface area contributed by atoms with Crippen LogP contribution in [0.15, 0.2) is 47.5 Å². The molecule has 0 aliphatic carbocycles. The molecule has 0 saturated heterocycles.